The van der Waals surface area contributed by atoms with E-state index < -0.39 is 0 Å². The summed E-state index contributed by atoms with van der Waals surface area (Å²) in [5.74, 6) is 0.730. The predicted octanol–water partition coefficient (Wildman–Crippen LogP) is 3.04. The Balaban J connectivity index is 1.60. The van der Waals surface area contributed by atoms with Gasteiger partial charge in [0.1, 0.15) is 11.5 Å². The lowest BCUT2D eigenvalue weighted by Gasteiger charge is -2.19. The molecule has 1 aliphatic rings. The normalized spacial score (nSPS) is 13.4. The van der Waals surface area contributed by atoms with Gasteiger partial charge in [0, 0.05) is 30.3 Å². The van der Waals surface area contributed by atoms with Crippen LogP contribution in [0.25, 0.3) is 0 Å². The summed E-state index contributed by atoms with van der Waals surface area (Å²) in [4.78, 5) is 37.1. The van der Waals surface area contributed by atoms with E-state index in [9.17, 15) is 14.4 Å². The summed E-state index contributed by atoms with van der Waals surface area (Å²) in [6.45, 7) is 1.98. The molecule has 1 aliphatic heterocycles. The Morgan fingerprint density at radius 1 is 1.14 bits per heavy atom. The second-order valence-electron chi connectivity index (χ2n) is 6.45. The summed E-state index contributed by atoms with van der Waals surface area (Å²) in [6, 6.07) is 11.8. The summed E-state index contributed by atoms with van der Waals surface area (Å²) in [6.07, 6.45) is 1.36. The Morgan fingerprint density at radius 2 is 1.89 bits per heavy atom. The minimum absolute atomic E-state index is 0.0303. The van der Waals surface area contributed by atoms with E-state index in [0.29, 0.717) is 41.4 Å². The Bertz CT molecular complexity index is 892. The van der Waals surface area contributed by atoms with E-state index in [4.69, 9.17) is 9.47 Å². The van der Waals surface area contributed by atoms with Gasteiger partial charge in [0.15, 0.2) is 12.4 Å². The third-order valence-electron chi connectivity index (χ3n) is 4.46. The number of hydrogen-bond donors (Lipinski definition) is 1. The Hall–Kier alpha value is -3.35. The van der Waals surface area contributed by atoms with Crippen molar-refractivity contribution in [3.8, 4) is 11.5 Å². The van der Waals surface area contributed by atoms with Crippen molar-refractivity contribution in [1.82, 2.24) is 0 Å². The number of anilines is 2. The van der Waals surface area contributed by atoms with Crippen LogP contribution in [0.15, 0.2) is 42.5 Å². The van der Waals surface area contributed by atoms with Crippen LogP contribution in [0.5, 0.6) is 11.5 Å². The highest BCUT2D eigenvalue weighted by molar-refractivity contribution is 5.98. The fourth-order valence-corrected chi connectivity index (χ4v) is 3.01. The quantitative estimate of drug-likeness (QED) is 0.744. The fraction of sp³-hybridized carbons (Fsp3) is 0.286. The zero-order valence-corrected chi connectivity index (χ0v) is 15.9. The average Bonchev–Trinajstić information content (AvgIpc) is 3.12. The molecule has 0 atom stereocenters. The summed E-state index contributed by atoms with van der Waals surface area (Å²) in [5, 5.41) is 2.74. The van der Waals surface area contributed by atoms with Crippen LogP contribution < -0.4 is 19.7 Å². The highest BCUT2D eigenvalue weighted by Gasteiger charge is 2.24. The summed E-state index contributed by atoms with van der Waals surface area (Å²) in [5.41, 5.74) is 1.83. The summed E-state index contributed by atoms with van der Waals surface area (Å²) in [7, 11) is 1.53. The second kappa shape index (κ2) is 8.56. The van der Waals surface area contributed by atoms with Gasteiger partial charge in [-0.2, -0.15) is 0 Å². The molecule has 0 aromatic heterocycles. The molecule has 1 N–H and O–H groups in total. The summed E-state index contributed by atoms with van der Waals surface area (Å²) < 4.78 is 10.8. The van der Waals surface area contributed by atoms with Crippen molar-refractivity contribution in [2.75, 3.05) is 30.5 Å². The van der Waals surface area contributed by atoms with Crippen molar-refractivity contribution < 1.29 is 23.9 Å². The van der Waals surface area contributed by atoms with Gasteiger partial charge in [0.25, 0.3) is 5.91 Å². The Kier molecular flexibility index (Phi) is 5.93. The molecule has 1 fully saturated rings. The Morgan fingerprint density at radius 3 is 2.50 bits per heavy atom. The van der Waals surface area contributed by atoms with Crippen LogP contribution in [0.2, 0.25) is 0 Å². The second-order valence-corrected chi connectivity index (χ2v) is 6.45. The van der Waals surface area contributed by atoms with Crippen LogP contribution in [0, 0.1) is 0 Å². The van der Waals surface area contributed by atoms with E-state index in [2.05, 4.69) is 5.32 Å². The number of hydrogen-bond acceptors (Lipinski definition) is 5. The first-order chi connectivity index (χ1) is 13.5. The number of benzene rings is 2. The zero-order chi connectivity index (χ0) is 20.1. The molecule has 28 heavy (non-hydrogen) atoms. The highest BCUT2D eigenvalue weighted by Crippen LogP contribution is 2.33. The number of rotatable bonds is 7. The molecule has 0 spiro atoms. The zero-order valence-electron chi connectivity index (χ0n) is 15.9. The minimum atomic E-state index is -0.331. The van der Waals surface area contributed by atoms with Gasteiger partial charge in [-0.05, 0) is 49.7 Å². The topological polar surface area (TPSA) is 84.9 Å². The van der Waals surface area contributed by atoms with E-state index in [1.807, 2.05) is 0 Å². The standard InChI is InChI=1S/C21H22N2O5/c1-14(24)15-5-8-17(9-6-15)28-13-20(25)22-16-7-10-18(19(12-16)27-2)23-11-3-4-21(23)26/h5-10,12H,3-4,11,13H2,1-2H3,(H,22,25). The van der Waals surface area contributed by atoms with Crippen LogP contribution in [-0.2, 0) is 9.59 Å². The molecular formula is C21H22N2O5. The number of ether oxygens (including phenoxy) is 2. The monoisotopic (exact) mass is 382 g/mol. The molecule has 0 unspecified atom stereocenters. The molecular weight excluding hydrogens is 360 g/mol. The maximum absolute atomic E-state index is 12.2. The van der Waals surface area contributed by atoms with Gasteiger partial charge in [0.05, 0.1) is 12.8 Å². The van der Waals surface area contributed by atoms with Gasteiger partial charge in [-0.1, -0.05) is 0 Å². The number of nitrogens with zero attached hydrogens (tertiary/aromatic N) is 1. The van der Waals surface area contributed by atoms with Gasteiger partial charge in [-0.15, -0.1) is 0 Å². The van der Waals surface area contributed by atoms with Crippen LogP contribution in [0.4, 0.5) is 11.4 Å². The maximum atomic E-state index is 12.2. The van der Waals surface area contributed by atoms with Crippen LogP contribution in [-0.4, -0.2) is 37.9 Å². The average molecular weight is 382 g/mol. The minimum Gasteiger partial charge on any atom is -0.494 e. The van der Waals surface area contributed by atoms with Crippen molar-refractivity contribution in [3.05, 3.63) is 48.0 Å². The predicted molar refractivity (Wildman–Crippen MR) is 105 cm³/mol. The number of carbonyl (C=O) groups excluding carboxylic acids is 3. The van der Waals surface area contributed by atoms with Crippen LogP contribution in [0.3, 0.4) is 0 Å². The molecule has 0 bridgehead atoms. The van der Waals surface area contributed by atoms with Gasteiger partial charge in [0.2, 0.25) is 5.91 Å². The van der Waals surface area contributed by atoms with Crippen LogP contribution >= 0.6 is 0 Å². The largest absolute Gasteiger partial charge is 0.494 e. The maximum Gasteiger partial charge on any atom is 0.262 e. The molecule has 1 saturated heterocycles. The van der Waals surface area contributed by atoms with Crippen molar-refractivity contribution >= 4 is 29.0 Å². The first-order valence-electron chi connectivity index (χ1n) is 9.00. The lowest BCUT2D eigenvalue weighted by atomic mass is 10.1. The molecule has 146 valence electrons. The Labute approximate surface area is 163 Å². The lowest BCUT2D eigenvalue weighted by molar-refractivity contribution is -0.118. The molecule has 0 aliphatic carbocycles. The number of carbonyl (C=O) groups is 3. The van der Waals surface area contributed by atoms with Gasteiger partial charge < -0.3 is 19.7 Å². The third kappa shape index (κ3) is 4.49. The summed E-state index contributed by atoms with van der Waals surface area (Å²) >= 11 is 0. The SMILES string of the molecule is COc1cc(NC(=O)COc2ccc(C(C)=O)cc2)ccc1N1CCCC1=O. The van der Waals surface area contributed by atoms with Crippen molar-refractivity contribution in [2.24, 2.45) is 0 Å². The number of amides is 2. The lowest BCUT2D eigenvalue weighted by Crippen LogP contribution is -2.24. The molecule has 0 radical (unpaired) electrons. The van der Waals surface area contributed by atoms with E-state index in [1.54, 1.807) is 47.4 Å². The molecule has 2 amide bonds. The third-order valence-corrected chi connectivity index (χ3v) is 4.46. The van der Waals surface area contributed by atoms with E-state index >= 15 is 0 Å². The van der Waals surface area contributed by atoms with Gasteiger partial charge in [-0.3, -0.25) is 14.4 Å². The van der Waals surface area contributed by atoms with E-state index in [1.165, 1.54) is 14.0 Å². The van der Waals surface area contributed by atoms with Crippen molar-refractivity contribution in [2.45, 2.75) is 19.8 Å². The first-order valence-corrected chi connectivity index (χ1v) is 9.00. The molecule has 7 heteroatoms. The number of nitrogens with one attached hydrogen (secondary N) is 1. The smallest absolute Gasteiger partial charge is 0.262 e. The van der Waals surface area contributed by atoms with E-state index in [0.717, 1.165) is 6.42 Å². The fourth-order valence-electron chi connectivity index (χ4n) is 3.01. The van der Waals surface area contributed by atoms with Crippen LogP contribution in [0.1, 0.15) is 30.1 Å². The molecule has 2 aromatic carbocycles. The number of methoxy groups -OCH3 is 1. The van der Waals surface area contributed by atoms with Crippen molar-refractivity contribution in [3.63, 3.8) is 0 Å². The van der Waals surface area contributed by atoms with Gasteiger partial charge >= 0.3 is 0 Å². The number of Topliss-reactive ketones (excluding diaryl/α,β-unsaturated/α-hetero) is 1. The van der Waals surface area contributed by atoms with Crippen molar-refractivity contribution in [1.29, 1.82) is 0 Å². The molecule has 0 saturated carbocycles. The first kappa shape index (κ1) is 19.4. The number of ketones is 1. The van der Waals surface area contributed by atoms with Gasteiger partial charge in [-0.25, -0.2) is 0 Å². The molecule has 1 heterocycles. The molecule has 7 nitrogen and oxygen atoms in total. The van der Waals surface area contributed by atoms with E-state index in [-0.39, 0.29) is 24.2 Å². The highest BCUT2D eigenvalue weighted by atomic mass is 16.5. The molecule has 3 rings (SSSR count). The molecule has 2 aromatic rings.